The molecule has 0 aromatic heterocycles. The molecule has 0 aliphatic heterocycles. The largest absolute Gasteiger partial charge is 0.481 e. The zero-order valence-electron chi connectivity index (χ0n) is 13.0. The monoisotopic (exact) mass is 362 g/mol. The topological polar surface area (TPSA) is 110 Å². The number of non-ortho nitro benzene ring substituents is 1. The Hall–Kier alpha value is -2.93. The normalized spacial score (nSPS) is 11.6. The summed E-state index contributed by atoms with van der Waals surface area (Å²) in [5.74, 6) is -2.34. The molecule has 0 heterocycles. The standard InChI is InChI=1S/C17H15ClN2O5/c18-13-3-1-11(2-4-13)9-12(10-16(21)22)17(23)19-14-5-7-15(8-6-14)20(24)25/h1-8,12H,9-10H2,(H,19,23)(H,21,22)/t12-/m1/s1. The molecule has 8 heteroatoms. The van der Waals surface area contributed by atoms with E-state index in [0.717, 1.165) is 5.56 Å². The number of anilines is 1. The van der Waals surface area contributed by atoms with Gasteiger partial charge in [-0.05, 0) is 36.2 Å². The van der Waals surface area contributed by atoms with Crippen molar-refractivity contribution >= 4 is 34.9 Å². The Labute approximate surface area is 148 Å². The molecule has 0 unspecified atom stereocenters. The zero-order valence-corrected chi connectivity index (χ0v) is 13.8. The molecule has 0 aliphatic carbocycles. The third kappa shape index (κ3) is 5.58. The molecule has 0 saturated carbocycles. The SMILES string of the molecule is O=C(O)C[C@@H](Cc1ccc(Cl)cc1)C(=O)Nc1ccc([N+](=O)[O-])cc1. The summed E-state index contributed by atoms with van der Waals surface area (Å²) in [6, 6.07) is 12.1. The van der Waals surface area contributed by atoms with Gasteiger partial charge in [-0.25, -0.2) is 0 Å². The van der Waals surface area contributed by atoms with Crippen molar-refractivity contribution in [2.45, 2.75) is 12.8 Å². The first-order valence-corrected chi connectivity index (χ1v) is 7.74. The molecule has 25 heavy (non-hydrogen) atoms. The van der Waals surface area contributed by atoms with Crippen LogP contribution in [0.4, 0.5) is 11.4 Å². The molecule has 1 atom stereocenters. The van der Waals surface area contributed by atoms with Gasteiger partial charge in [0, 0.05) is 22.8 Å². The Morgan fingerprint density at radius 1 is 1.12 bits per heavy atom. The van der Waals surface area contributed by atoms with Crippen LogP contribution in [0.5, 0.6) is 0 Å². The first-order chi connectivity index (χ1) is 11.8. The minimum atomic E-state index is -1.09. The second kappa shape index (κ2) is 8.25. The van der Waals surface area contributed by atoms with Crippen LogP contribution >= 0.6 is 11.6 Å². The number of nitrogens with zero attached hydrogens (tertiary/aromatic N) is 1. The third-order valence-electron chi connectivity index (χ3n) is 3.53. The van der Waals surface area contributed by atoms with Gasteiger partial charge in [-0.15, -0.1) is 0 Å². The highest BCUT2D eigenvalue weighted by atomic mass is 35.5. The van der Waals surface area contributed by atoms with Gasteiger partial charge in [-0.3, -0.25) is 19.7 Å². The van der Waals surface area contributed by atoms with Crippen LogP contribution in [0.15, 0.2) is 48.5 Å². The maximum absolute atomic E-state index is 12.4. The quantitative estimate of drug-likeness (QED) is 0.578. The zero-order chi connectivity index (χ0) is 18.4. The lowest BCUT2D eigenvalue weighted by Gasteiger charge is -2.15. The molecule has 2 N–H and O–H groups in total. The van der Waals surface area contributed by atoms with Gasteiger partial charge in [0.25, 0.3) is 5.69 Å². The molecule has 1 amide bonds. The van der Waals surface area contributed by atoms with E-state index in [0.29, 0.717) is 10.7 Å². The van der Waals surface area contributed by atoms with Crippen LogP contribution in [-0.2, 0) is 16.0 Å². The van der Waals surface area contributed by atoms with Crippen molar-refractivity contribution < 1.29 is 19.6 Å². The maximum atomic E-state index is 12.4. The number of carboxylic acid groups (broad SMARTS) is 1. The smallest absolute Gasteiger partial charge is 0.304 e. The summed E-state index contributed by atoms with van der Waals surface area (Å²) in [5.41, 5.74) is 1.05. The number of carbonyl (C=O) groups excluding carboxylic acids is 1. The van der Waals surface area contributed by atoms with Gasteiger partial charge < -0.3 is 10.4 Å². The Morgan fingerprint density at radius 3 is 2.24 bits per heavy atom. The van der Waals surface area contributed by atoms with Crippen LogP contribution < -0.4 is 5.32 Å². The van der Waals surface area contributed by atoms with E-state index in [9.17, 15) is 19.7 Å². The molecule has 0 radical (unpaired) electrons. The number of rotatable bonds is 7. The van der Waals surface area contributed by atoms with Crippen molar-refractivity contribution in [1.82, 2.24) is 0 Å². The van der Waals surface area contributed by atoms with Crippen LogP contribution in [-0.4, -0.2) is 21.9 Å². The lowest BCUT2D eigenvalue weighted by Crippen LogP contribution is -2.27. The minimum Gasteiger partial charge on any atom is -0.481 e. The summed E-state index contributed by atoms with van der Waals surface area (Å²) >= 11 is 5.82. The lowest BCUT2D eigenvalue weighted by atomic mass is 9.95. The van der Waals surface area contributed by atoms with Crippen LogP contribution in [0.1, 0.15) is 12.0 Å². The van der Waals surface area contributed by atoms with E-state index >= 15 is 0 Å². The fourth-order valence-corrected chi connectivity index (χ4v) is 2.41. The second-order valence-electron chi connectivity index (χ2n) is 5.42. The number of carboxylic acids is 1. The number of aliphatic carboxylic acids is 1. The van der Waals surface area contributed by atoms with E-state index in [2.05, 4.69) is 5.32 Å². The van der Waals surface area contributed by atoms with Crippen LogP contribution in [0, 0.1) is 16.0 Å². The number of benzene rings is 2. The molecular formula is C17H15ClN2O5. The highest BCUT2D eigenvalue weighted by molar-refractivity contribution is 6.30. The number of hydrogen-bond acceptors (Lipinski definition) is 4. The third-order valence-corrected chi connectivity index (χ3v) is 3.78. The number of hydrogen-bond donors (Lipinski definition) is 2. The van der Waals surface area contributed by atoms with Crippen molar-refractivity contribution in [3.8, 4) is 0 Å². The molecule has 2 aromatic carbocycles. The van der Waals surface area contributed by atoms with Crippen LogP contribution in [0.25, 0.3) is 0 Å². The highest BCUT2D eigenvalue weighted by Gasteiger charge is 2.22. The van der Waals surface area contributed by atoms with Gasteiger partial charge in [0.05, 0.1) is 17.3 Å². The van der Waals surface area contributed by atoms with E-state index in [1.54, 1.807) is 24.3 Å². The molecule has 0 spiro atoms. The van der Waals surface area contributed by atoms with Gasteiger partial charge in [0.15, 0.2) is 0 Å². The van der Waals surface area contributed by atoms with Crippen LogP contribution in [0.3, 0.4) is 0 Å². The van der Waals surface area contributed by atoms with E-state index in [4.69, 9.17) is 16.7 Å². The number of amides is 1. The predicted octanol–water partition coefficient (Wildman–Crippen LogP) is 3.52. The van der Waals surface area contributed by atoms with E-state index in [1.165, 1.54) is 24.3 Å². The Morgan fingerprint density at radius 2 is 1.72 bits per heavy atom. The molecule has 2 aromatic rings. The number of nitro groups is 1. The fourth-order valence-electron chi connectivity index (χ4n) is 2.28. The van der Waals surface area contributed by atoms with Gasteiger partial charge >= 0.3 is 5.97 Å². The van der Waals surface area contributed by atoms with E-state index in [-0.39, 0.29) is 18.5 Å². The van der Waals surface area contributed by atoms with Crippen molar-refractivity contribution in [3.05, 3.63) is 69.2 Å². The minimum absolute atomic E-state index is 0.0961. The van der Waals surface area contributed by atoms with Gasteiger partial charge in [0.1, 0.15) is 0 Å². The number of carbonyl (C=O) groups is 2. The van der Waals surface area contributed by atoms with Crippen molar-refractivity contribution in [3.63, 3.8) is 0 Å². The van der Waals surface area contributed by atoms with Gasteiger partial charge in [-0.2, -0.15) is 0 Å². The highest BCUT2D eigenvalue weighted by Crippen LogP contribution is 2.20. The lowest BCUT2D eigenvalue weighted by molar-refractivity contribution is -0.384. The Kier molecular flexibility index (Phi) is 6.08. The summed E-state index contributed by atoms with van der Waals surface area (Å²) in [5, 5.41) is 22.8. The van der Waals surface area contributed by atoms with Crippen LogP contribution in [0.2, 0.25) is 5.02 Å². The summed E-state index contributed by atoms with van der Waals surface area (Å²) < 4.78 is 0. The second-order valence-corrected chi connectivity index (χ2v) is 5.86. The molecule has 0 saturated heterocycles. The van der Waals surface area contributed by atoms with Gasteiger partial charge in [0.2, 0.25) is 5.91 Å². The molecule has 0 bridgehead atoms. The summed E-state index contributed by atoms with van der Waals surface area (Å²) in [4.78, 5) is 33.6. The average Bonchev–Trinajstić information content (AvgIpc) is 2.56. The molecule has 2 rings (SSSR count). The maximum Gasteiger partial charge on any atom is 0.304 e. The van der Waals surface area contributed by atoms with Crippen molar-refractivity contribution in [2.75, 3.05) is 5.32 Å². The number of halogens is 1. The summed E-state index contributed by atoms with van der Waals surface area (Å²) in [7, 11) is 0. The summed E-state index contributed by atoms with van der Waals surface area (Å²) in [6.07, 6.45) is -0.0935. The molecule has 0 aliphatic rings. The number of nitro benzene ring substituents is 1. The van der Waals surface area contributed by atoms with Crippen molar-refractivity contribution in [1.29, 1.82) is 0 Å². The fraction of sp³-hybridized carbons (Fsp3) is 0.176. The summed E-state index contributed by atoms with van der Waals surface area (Å²) in [6.45, 7) is 0. The molecule has 7 nitrogen and oxygen atoms in total. The first kappa shape index (κ1) is 18.4. The van der Waals surface area contributed by atoms with E-state index < -0.39 is 22.7 Å². The molecular weight excluding hydrogens is 348 g/mol. The Balaban J connectivity index is 2.10. The van der Waals surface area contributed by atoms with Crippen molar-refractivity contribution in [2.24, 2.45) is 5.92 Å². The average molecular weight is 363 g/mol. The molecule has 130 valence electrons. The van der Waals surface area contributed by atoms with Gasteiger partial charge in [-0.1, -0.05) is 23.7 Å². The predicted molar refractivity (Wildman–Crippen MR) is 92.6 cm³/mol. The number of nitrogens with one attached hydrogen (secondary N) is 1. The Bertz CT molecular complexity index is 775. The molecule has 0 fully saturated rings. The first-order valence-electron chi connectivity index (χ1n) is 7.36. The van der Waals surface area contributed by atoms with E-state index in [1.807, 2.05) is 0 Å².